The van der Waals surface area contributed by atoms with E-state index in [-0.39, 0.29) is 0 Å². The van der Waals surface area contributed by atoms with E-state index in [1.807, 2.05) is 18.5 Å². The molecule has 1 nitrogen and oxygen atoms in total. The Balaban J connectivity index is 1.87. The summed E-state index contributed by atoms with van der Waals surface area (Å²) < 4.78 is 1.33. The maximum absolute atomic E-state index is 4.21. The van der Waals surface area contributed by atoms with Gasteiger partial charge in [-0.25, -0.2) is 0 Å². The topological polar surface area (TPSA) is 12.9 Å². The number of thiophene rings is 2. The molecule has 0 saturated carbocycles. The van der Waals surface area contributed by atoms with E-state index in [1.54, 1.807) is 22.7 Å². The third kappa shape index (κ3) is 1.96. The van der Waals surface area contributed by atoms with Crippen LogP contribution in [0, 0.1) is 0 Å². The first kappa shape index (κ1) is 11.8. The maximum Gasteiger partial charge on any atom is 0.0355 e. The van der Waals surface area contributed by atoms with Crippen LogP contribution in [0.3, 0.4) is 0 Å². The molecule has 0 saturated heterocycles. The summed E-state index contributed by atoms with van der Waals surface area (Å²) in [7, 11) is 0. The van der Waals surface area contributed by atoms with E-state index in [0.29, 0.717) is 0 Å². The molecular formula is C17H11NS2. The minimum Gasteiger partial charge on any atom is -0.264 e. The van der Waals surface area contributed by atoms with E-state index < -0.39 is 0 Å². The van der Waals surface area contributed by atoms with E-state index in [9.17, 15) is 0 Å². The molecule has 0 atom stereocenters. The van der Waals surface area contributed by atoms with Crippen molar-refractivity contribution < 1.29 is 0 Å². The highest BCUT2D eigenvalue weighted by Gasteiger charge is 2.08. The summed E-state index contributed by atoms with van der Waals surface area (Å²) >= 11 is 3.58. The number of pyridine rings is 1. The van der Waals surface area contributed by atoms with Crippen molar-refractivity contribution >= 4 is 32.8 Å². The third-order valence-corrected chi connectivity index (χ3v) is 5.22. The van der Waals surface area contributed by atoms with Gasteiger partial charge in [0.1, 0.15) is 0 Å². The zero-order valence-corrected chi connectivity index (χ0v) is 12.2. The van der Waals surface area contributed by atoms with Gasteiger partial charge in [0.25, 0.3) is 0 Å². The molecule has 96 valence electrons. The van der Waals surface area contributed by atoms with Crippen molar-refractivity contribution in [2.24, 2.45) is 0 Å². The van der Waals surface area contributed by atoms with Gasteiger partial charge in [-0.05, 0) is 34.5 Å². The molecule has 0 amide bonds. The van der Waals surface area contributed by atoms with Crippen LogP contribution < -0.4 is 0 Å². The Labute approximate surface area is 125 Å². The maximum atomic E-state index is 4.21. The average molecular weight is 293 g/mol. The highest BCUT2D eigenvalue weighted by Crippen LogP contribution is 2.36. The minimum atomic E-state index is 1.18. The zero-order chi connectivity index (χ0) is 13.4. The van der Waals surface area contributed by atoms with Gasteiger partial charge in [0.2, 0.25) is 0 Å². The first-order valence-corrected chi connectivity index (χ1v) is 8.13. The Morgan fingerprint density at radius 1 is 0.900 bits per heavy atom. The first-order valence-electron chi connectivity index (χ1n) is 6.37. The minimum absolute atomic E-state index is 1.18. The lowest BCUT2D eigenvalue weighted by atomic mass is 10.0. The van der Waals surface area contributed by atoms with Crippen molar-refractivity contribution in [1.82, 2.24) is 4.98 Å². The van der Waals surface area contributed by atoms with Gasteiger partial charge in [-0.1, -0.05) is 24.3 Å². The van der Waals surface area contributed by atoms with Gasteiger partial charge in [-0.15, -0.1) is 22.7 Å². The number of nitrogens with zero attached hydrogens (tertiary/aromatic N) is 1. The number of aromatic nitrogens is 1. The quantitative estimate of drug-likeness (QED) is 0.462. The van der Waals surface area contributed by atoms with Crippen LogP contribution in [0.5, 0.6) is 0 Å². The molecule has 4 aromatic rings. The molecule has 1 aromatic carbocycles. The fraction of sp³-hybridized carbons (Fsp3) is 0. The van der Waals surface area contributed by atoms with Gasteiger partial charge in [0.15, 0.2) is 0 Å². The van der Waals surface area contributed by atoms with Gasteiger partial charge in [-0.3, -0.25) is 4.98 Å². The average Bonchev–Trinajstić information content (AvgIpc) is 3.17. The van der Waals surface area contributed by atoms with Crippen LogP contribution in [-0.2, 0) is 0 Å². The Kier molecular flexibility index (Phi) is 2.87. The Hall–Kier alpha value is -1.97. The van der Waals surface area contributed by atoms with Crippen molar-refractivity contribution in [2.45, 2.75) is 0 Å². The van der Waals surface area contributed by atoms with Gasteiger partial charge < -0.3 is 0 Å². The fourth-order valence-electron chi connectivity index (χ4n) is 2.37. The molecule has 3 heterocycles. The number of rotatable bonds is 2. The van der Waals surface area contributed by atoms with Gasteiger partial charge >= 0.3 is 0 Å². The second kappa shape index (κ2) is 4.85. The molecule has 0 spiro atoms. The Bertz CT molecular complexity index is 845. The van der Waals surface area contributed by atoms with Crippen molar-refractivity contribution in [3.05, 3.63) is 65.6 Å². The van der Waals surface area contributed by atoms with Gasteiger partial charge in [0.05, 0.1) is 0 Å². The summed E-state index contributed by atoms with van der Waals surface area (Å²) in [5, 5.41) is 5.65. The van der Waals surface area contributed by atoms with Crippen molar-refractivity contribution in [2.75, 3.05) is 0 Å². The molecule has 0 unspecified atom stereocenters. The van der Waals surface area contributed by atoms with Crippen LogP contribution in [0.4, 0.5) is 0 Å². The number of benzene rings is 1. The molecule has 0 fully saturated rings. The summed E-state index contributed by atoms with van der Waals surface area (Å²) in [6.07, 6.45) is 3.74. The number of hydrogen-bond acceptors (Lipinski definition) is 3. The molecule has 0 aliphatic rings. The van der Waals surface area contributed by atoms with E-state index in [4.69, 9.17) is 0 Å². The second-order valence-corrected chi connectivity index (χ2v) is 6.44. The highest BCUT2D eigenvalue weighted by atomic mass is 32.1. The molecule has 3 aromatic heterocycles. The van der Waals surface area contributed by atoms with Crippen molar-refractivity contribution in [3.63, 3.8) is 0 Å². The molecular weight excluding hydrogens is 282 g/mol. The van der Waals surface area contributed by atoms with Crippen molar-refractivity contribution in [1.29, 1.82) is 0 Å². The summed E-state index contributed by atoms with van der Waals surface area (Å²) in [5.41, 5.74) is 3.76. The largest absolute Gasteiger partial charge is 0.264 e. The summed E-state index contributed by atoms with van der Waals surface area (Å²) in [5.74, 6) is 0. The molecule has 0 N–H and O–H groups in total. The molecule has 3 heteroatoms. The van der Waals surface area contributed by atoms with E-state index in [0.717, 1.165) is 0 Å². The van der Waals surface area contributed by atoms with E-state index >= 15 is 0 Å². The van der Waals surface area contributed by atoms with E-state index in [1.165, 1.54) is 31.7 Å². The SMILES string of the molecule is c1cncc(-c2csc3cc(-c4cccs4)ccc23)c1. The van der Waals surface area contributed by atoms with E-state index in [2.05, 4.69) is 52.1 Å². The third-order valence-electron chi connectivity index (χ3n) is 3.35. The monoisotopic (exact) mass is 293 g/mol. The molecule has 0 radical (unpaired) electrons. The predicted octanol–water partition coefficient (Wildman–Crippen LogP) is 5.69. The molecule has 0 aliphatic carbocycles. The normalized spacial score (nSPS) is 11.0. The van der Waals surface area contributed by atoms with Crippen LogP contribution in [0.1, 0.15) is 0 Å². The summed E-state index contributed by atoms with van der Waals surface area (Å²) in [6.45, 7) is 0. The predicted molar refractivity (Wildman–Crippen MR) is 88.4 cm³/mol. The Morgan fingerprint density at radius 2 is 1.90 bits per heavy atom. The molecule has 20 heavy (non-hydrogen) atoms. The fourth-order valence-corrected chi connectivity index (χ4v) is 4.10. The Morgan fingerprint density at radius 3 is 2.70 bits per heavy atom. The van der Waals surface area contributed by atoms with Crippen LogP contribution in [-0.4, -0.2) is 4.98 Å². The number of hydrogen-bond donors (Lipinski definition) is 0. The van der Waals surface area contributed by atoms with Crippen LogP contribution in [0.15, 0.2) is 65.6 Å². The second-order valence-electron chi connectivity index (χ2n) is 4.58. The molecule has 0 aliphatic heterocycles. The van der Waals surface area contributed by atoms with Gasteiger partial charge in [0, 0.05) is 38.5 Å². The molecule has 0 bridgehead atoms. The standard InChI is InChI=1S/C17H11NS2/c1-3-13(10-18-7-1)15-11-20-17-9-12(5-6-14(15)17)16-4-2-8-19-16/h1-11H. The lowest BCUT2D eigenvalue weighted by molar-refractivity contribution is 1.33. The van der Waals surface area contributed by atoms with Crippen LogP contribution in [0.2, 0.25) is 0 Å². The number of fused-ring (bicyclic) bond motifs is 1. The zero-order valence-electron chi connectivity index (χ0n) is 10.6. The van der Waals surface area contributed by atoms with Crippen molar-refractivity contribution in [3.8, 4) is 21.6 Å². The lowest BCUT2D eigenvalue weighted by Gasteiger charge is -2.01. The lowest BCUT2D eigenvalue weighted by Crippen LogP contribution is -1.77. The van der Waals surface area contributed by atoms with Crippen LogP contribution in [0.25, 0.3) is 31.7 Å². The van der Waals surface area contributed by atoms with Gasteiger partial charge in [-0.2, -0.15) is 0 Å². The molecule has 4 rings (SSSR count). The van der Waals surface area contributed by atoms with Crippen LogP contribution >= 0.6 is 22.7 Å². The first-order chi connectivity index (χ1) is 9.92. The smallest absolute Gasteiger partial charge is 0.0355 e. The highest BCUT2D eigenvalue weighted by molar-refractivity contribution is 7.18. The summed E-state index contributed by atoms with van der Waals surface area (Å²) in [6, 6.07) is 15.1. The summed E-state index contributed by atoms with van der Waals surface area (Å²) in [4.78, 5) is 5.53.